The summed E-state index contributed by atoms with van der Waals surface area (Å²) in [7, 11) is 0. The number of aliphatic imine (C=N–C) groups is 1. The van der Waals surface area contributed by atoms with Gasteiger partial charge in [-0.1, -0.05) is 0 Å². The Morgan fingerprint density at radius 2 is 1.75 bits per heavy atom. The molecule has 0 radical (unpaired) electrons. The summed E-state index contributed by atoms with van der Waals surface area (Å²) in [6.45, 7) is 11.7. The summed E-state index contributed by atoms with van der Waals surface area (Å²) in [5.41, 5.74) is 0. The summed E-state index contributed by atoms with van der Waals surface area (Å²) < 4.78 is 0. The number of rotatable bonds is 5. The number of guanidine groups is 1. The molecule has 0 spiro atoms. The fourth-order valence-corrected chi connectivity index (χ4v) is 3.62. The van der Waals surface area contributed by atoms with Gasteiger partial charge in [-0.05, 0) is 45.4 Å². The maximum Gasteiger partial charge on any atom is 0.239 e. The number of hydrogen-bond acceptors (Lipinski definition) is 3. The number of likely N-dealkylation sites (tertiary alicyclic amines) is 1. The van der Waals surface area contributed by atoms with E-state index in [9.17, 15) is 4.79 Å². The molecule has 136 valence electrons. The molecule has 3 aliphatic rings. The molecule has 2 heterocycles. The van der Waals surface area contributed by atoms with Gasteiger partial charge in [0.05, 0.1) is 6.04 Å². The standard InChI is InChI=1S/C18H33N5O/c1-3-19-18(20-14-16-6-7-16)23-12-10-21(11-13-23)15(2)17(24)22-8-4-5-9-22/h15-16H,3-14H2,1-2H3,(H,19,20). The molecule has 0 aromatic rings. The minimum Gasteiger partial charge on any atom is -0.357 e. The zero-order chi connectivity index (χ0) is 16.9. The lowest BCUT2D eigenvalue weighted by atomic mass is 10.2. The SMILES string of the molecule is CCNC(=NCC1CC1)N1CCN(C(C)C(=O)N2CCCC2)CC1. The molecule has 0 aromatic carbocycles. The average Bonchev–Trinajstić information content (AvgIpc) is 3.28. The van der Waals surface area contributed by atoms with Gasteiger partial charge in [0.25, 0.3) is 0 Å². The van der Waals surface area contributed by atoms with Crippen LogP contribution in [0.15, 0.2) is 4.99 Å². The van der Waals surface area contributed by atoms with Crippen molar-refractivity contribution in [1.82, 2.24) is 20.0 Å². The highest BCUT2D eigenvalue weighted by molar-refractivity contribution is 5.82. The predicted octanol–water partition coefficient (Wildman–Crippen LogP) is 0.990. The first kappa shape index (κ1) is 17.5. The number of piperazine rings is 1. The molecular formula is C18H33N5O. The molecule has 1 amide bonds. The van der Waals surface area contributed by atoms with Crippen LogP contribution in [0.5, 0.6) is 0 Å². The first-order chi connectivity index (χ1) is 11.7. The Morgan fingerprint density at radius 1 is 1.08 bits per heavy atom. The van der Waals surface area contributed by atoms with Gasteiger partial charge in [0, 0.05) is 52.4 Å². The largest absolute Gasteiger partial charge is 0.357 e. The fraction of sp³-hybridized carbons (Fsp3) is 0.889. The van der Waals surface area contributed by atoms with E-state index in [1.807, 2.05) is 4.90 Å². The molecule has 3 fully saturated rings. The first-order valence-electron chi connectivity index (χ1n) is 9.75. The highest BCUT2D eigenvalue weighted by Crippen LogP contribution is 2.28. The summed E-state index contributed by atoms with van der Waals surface area (Å²) in [5, 5.41) is 3.43. The maximum absolute atomic E-state index is 12.6. The summed E-state index contributed by atoms with van der Waals surface area (Å²) >= 11 is 0. The summed E-state index contributed by atoms with van der Waals surface area (Å²) in [6, 6.07) is 0.0104. The minimum atomic E-state index is 0.0104. The van der Waals surface area contributed by atoms with Crippen molar-refractivity contribution < 1.29 is 4.79 Å². The average molecular weight is 335 g/mol. The lowest BCUT2D eigenvalue weighted by Gasteiger charge is -2.39. The Bertz CT molecular complexity index is 448. The van der Waals surface area contributed by atoms with Crippen LogP contribution in [0.25, 0.3) is 0 Å². The monoisotopic (exact) mass is 335 g/mol. The molecule has 24 heavy (non-hydrogen) atoms. The van der Waals surface area contributed by atoms with E-state index < -0.39 is 0 Å². The van der Waals surface area contributed by atoms with Crippen LogP contribution in [0.1, 0.15) is 39.5 Å². The molecule has 6 heteroatoms. The molecule has 1 atom stereocenters. The molecule has 2 saturated heterocycles. The number of carbonyl (C=O) groups excluding carboxylic acids is 1. The van der Waals surface area contributed by atoms with Gasteiger partial charge < -0.3 is 15.1 Å². The van der Waals surface area contributed by atoms with Gasteiger partial charge in [-0.2, -0.15) is 0 Å². The third-order valence-corrected chi connectivity index (χ3v) is 5.47. The second-order valence-electron chi connectivity index (χ2n) is 7.37. The van der Waals surface area contributed by atoms with Gasteiger partial charge in [0.2, 0.25) is 5.91 Å². The molecule has 1 unspecified atom stereocenters. The quantitative estimate of drug-likeness (QED) is 0.601. The van der Waals surface area contributed by atoms with Crippen molar-refractivity contribution in [3.05, 3.63) is 0 Å². The van der Waals surface area contributed by atoms with Crippen LogP contribution in [0, 0.1) is 5.92 Å². The Balaban J connectivity index is 1.49. The number of nitrogens with zero attached hydrogens (tertiary/aromatic N) is 4. The van der Waals surface area contributed by atoms with Crippen molar-refractivity contribution in [3.63, 3.8) is 0 Å². The Kier molecular flexibility index (Phi) is 5.98. The number of hydrogen-bond donors (Lipinski definition) is 1. The van der Waals surface area contributed by atoms with Crippen LogP contribution >= 0.6 is 0 Å². The Morgan fingerprint density at radius 3 is 2.33 bits per heavy atom. The topological polar surface area (TPSA) is 51.2 Å². The summed E-state index contributed by atoms with van der Waals surface area (Å²) in [4.78, 5) is 24.1. The Labute approximate surface area is 146 Å². The first-order valence-corrected chi connectivity index (χ1v) is 9.75. The van der Waals surface area contributed by atoms with Crippen LogP contribution in [0.3, 0.4) is 0 Å². The van der Waals surface area contributed by atoms with Gasteiger partial charge in [0.15, 0.2) is 5.96 Å². The molecular weight excluding hydrogens is 302 g/mol. The number of nitrogens with one attached hydrogen (secondary N) is 1. The van der Waals surface area contributed by atoms with Gasteiger partial charge in [-0.15, -0.1) is 0 Å². The maximum atomic E-state index is 12.6. The minimum absolute atomic E-state index is 0.0104. The van der Waals surface area contributed by atoms with E-state index in [0.717, 1.165) is 77.1 Å². The van der Waals surface area contributed by atoms with Crippen molar-refractivity contribution in [2.75, 3.05) is 52.4 Å². The van der Waals surface area contributed by atoms with E-state index in [4.69, 9.17) is 4.99 Å². The van der Waals surface area contributed by atoms with Crippen LogP contribution in [-0.4, -0.2) is 85.0 Å². The summed E-state index contributed by atoms with van der Waals surface area (Å²) in [6.07, 6.45) is 5.01. The molecule has 2 aliphatic heterocycles. The second kappa shape index (κ2) is 8.19. The van der Waals surface area contributed by atoms with Gasteiger partial charge in [0.1, 0.15) is 0 Å². The Hall–Kier alpha value is -1.30. The fourth-order valence-electron chi connectivity index (χ4n) is 3.62. The van der Waals surface area contributed by atoms with E-state index in [0.29, 0.717) is 5.91 Å². The van der Waals surface area contributed by atoms with Crippen LogP contribution < -0.4 is 5.32 Å². The third kappa shape index (κ3) is 4.41. The molecule has 1 saturated carbocycles. The van der Waals surface area contributed by atoms with Crippen molar-refractivity contribution in [2.24, 2.45) is 10.9 Å². The third-order valence-electron chi connectivity index (χ3n) is 5.47. The van der Waals surface area contributed by atoms with Gasteiger partial charge in [-0.25, -0.2) is 0 Å². The highest BCUT2D eigenvalue weighted by Gasteiger charge is 2.30. The molecule has 1 N–H and O–H groups in total. The van der Waals surface area contributed by atoms with Crippen LogP contribution in [0.4, 0.5) is 0 Å². The molecule has 0 aromatic heterocycles. The number of carbonyl (C=O) groups is 1. The van der Waals surface area contributed by atoms with Crippen molar-refractivity contribution in [1.29, 1.82) is 0 Å². The predicted molar refractivity (Wildman–Crippen MR) is 97.1 cm³/mol. The lowest BCUT2D eigenvalue weighted by molar-refractivity contribution is -0.135. The molecule has 6 nitrogen and oxygen atoms in total. The van der Waals surface area contributed by atoms with E-state index in [1.165, 1.54) is 12.8 Å². The van der Waals surface area contributed by atoms with Gasteiger partial charge >= 0.3 is 0 Å². The highest BCUT2D eigenvalue weighted by atomic mass is 16.2. The molecule has 1 aliphatic carbocycles. The summed E-state index contributed by atoms with van der Waals surface area (Å²) in [5.74, 6) is 2.19. The smallest absolute Gasteiger partial charge is 0.239 e. The lowest BCUT2D eigenvalue weighted by Crippen LogP contribution is -2.57. The van der Waals surface area contributed by atoms with E-state index >= 15 is 0 Å². The zero-order valence-electron chi connectivity index (χ0n) is 15.3. The second-order valence-corrected chi connectivity index (χ2v) is 7.37. The van der Waals surface area contributed by atoms with E-state index in [1.54, 1.807) is 0 Å². The molecule has 0 bridgehead atoms. The van der Waals surface area contributed by atoms with Crippen molar-refractivity contribution in [2.45, 2.75) is 45.6 Å². The van der Waals surface area contributed by atoms with Crippen LogP contribution in [-0.2, 0) is 4.79 Å². The van der Waals surface area contributed by atoms with Crippen molar-refractivity contribution >= 4 is 11.9 Å². The normalized spacial score (nSPS) is 24.3. The van der Waals surface area contributed by atoms with Crippen LogP contribution in [0.2, 0.25) is 0 Å². The molecule has 3 rings (SSSR count). The zero-order valence-corrected chi connectivity index (χ0v) is 15.3. The number of amides is 1. The van der Waals surface area contributed by atoms with Gasteiger partial charge in [-0.3, -0.25) is 14.7 Å². The van der Waals surface area contributed by atoms with E-state index in [2.05, 4.69) is 29.0 Å². The van der Waals surface area contributed by atoms with Crippen molar-refractivity contribution in [3.8, 4) is 0 Å². The van der Waals surface area contributed by atoms with E-state index in [-0.39, 0.29) is 6.04 Å².